The molecule has 3 nitrogen and oxygen atoms in total. The Bertz CT molecular complexity index is 544. The van der Waals surface area contributed by atoms with Gasteiger partial charge in [-0.3, -0.25) is 4.98 Å². The van der Waals surface area contributed by atoms with Crippen LogP contribution in [-0.2, 0) is 4.74 Å². The summed E-state index contributed by atoms with van der Waals surface area (Å²) in [4.78, 5) is 3.84. The molecule has 2 fully saturated rings. The lowest BCUT2D eigenvalue weighted by molar-refractivity contribution is 0.108. The molecule has 1 aliphatic carbocycles. The zero-order valence-electron chi connectivity index (χ0n) is 11.6. The van der Waals surface area contributed by atoms with Gasteiger partial charge in [0.15, 0.2) is 0 Å². The highest BCUT2D eigenvalue weighted by molar-refractivity contribution is 14.1. The Morgan fingerprint density at radius 3 is 3.05 bits per heavy atom. The molecule has 2 aliphatic heterocycles. The van der Waals surface area contributed by atoms with E-state index in [1.165, 1.54) is 18.6 Å². The Hall–Kier alpha value is -0.590. The van der Waals surface area contributed by atoms with Gasteiger partial charge in [0.25, 0.3) is 0 Å². The van der Waals surface area contributed by atoms with Crippen LogP contribution in [0, 0.1) is 15.4 Å². The summed E-state index contributed by atoms with van der Waals surface area (Å²) in [5.74, 6) is 2.70. The first-order valence-corrected chi connectivity index (χ1v) is 8.70. The number of fused-ring (bicyclic) bond motifs is 3. The second-order valence-corrected chi connectivity index (χ2v) is 7.16. The second kappa shape index (κ2) is 7.11. The Kier molecular flexibility index (Phi) is 5.19. The number of piperidine rings is 1. The van der Waals surface area contributed by atoms with Crippen LogP contribution < -0.4 is 5.32 Å². The summed E-state index contributed by atoms with van der Waals surface area (Å²) in [5.41, 5.74) is 0. The number of halogens is 2. The summed E-state index contributed by atoms with van der Waals surface area (Å²) in [7, 11) is 0. The van der Waals surface area contributed by atoms with E-state index in [0.29, 0.717) is 17.0 Å². The van der Waals surface area contributed by atoms with Gasteiger partial charge in [0.2, 0.25) is 0 Å². The monoisotopic (exact) mass is 416 g/mol. The van der Waals surface area contributed by atoms with Gasteiger partial charge in [-0.2, -0.15) is 0 Å². The minimum absolute atomic E-state index is 0.449. The maximum Gasteiger partial charge on any atom is 0.114 e. The highest BCUT2D eigenvalue weighted by Crippen LogP contribution is 2.42. The first-order valence-electron chi connectivity index (χ1n) is 7.24. The molecule has 2 saturated heterocycles. The predicted molar refractivity (Wildman–Crippen MR) is 93.1 cm³/mol. The molecule has 5 heteroatoms. The minimum Gasteiger partial charge on any atom is -0.493 e. The van der Waals surface area contributed by atoms with Crippen molar-refractivity contribution in [1.82, 2.24) is 10.3 Å². The Morgan fingerprint density at radius 2 is 2.29 bits per heavy atom. The van der Waals surface area contributed by atoms with Crippen molar-refractivity contribution in [3.63, 3.8) is 0 Å². The fraction of sp³-hybridized carbons (Fsp3) is 0.438. The number of nitrogens with one attached hydrogen (secondary N) is 1. The molecule has 0 spiro atoms. The molecule has 0 aromatic carbocycles. The number of ether oxygens (including phenoxy) is 1. The van der Waals surface area contributed by atoms with Crippen molar-refractivity contribution in [1.29, 1.82) is 0 Å². The average Bonchev–Trinajstić information content (AvgIpc) is 2.86. The number of pyridine rings is 1. The van der Waals surface area contributed by atoms with Gasteiger partial charge in [-0.15, -0.1) is 0 Å². The van der Waals surface area contributed by atoms with Crippen LogP contribution in [0.4, 0.5) is 0 Å². The highest BCUT2D eigenvalue weighted by atomic mass is 127. The van der Waals surface area contributed by atoms with Gasteiger partial charge in [-0.05, 0) is 54.1 Å². The highest BCUT2D eigenvalue weighted by Gasteiger charge is 2.42. The third kappa shape index (κ3) is 3.79. The molecule has 0 radical (unpaired) electrons. The number of hydrogen-bond acceptors (Lipinski definition) is 3. The standard InChI is InChI=1S/C11H15NO.C5H3ClIN/c1-2-4-10-8(3-1)9-5-6-12-7-11(9)13-10;6-4-1-5(7)3-8-2-4/h1-2,4,8-9,11-12H,3,5-7H2;1-3H. The smallest absolute Gasteiger partial charge is 0.114 e. The number of nitrogens with zero attached hydrogens (tertiary/aromatic N) is 1. The normalized spacial score (nSPS) is 29.4. The van der Waals surface area contributed by atoms with Gasteiger partial charge in [-0.25, -0.2) is 0 Å². The summed E-state index contributed by atoms with van der Waals surface area (Å²) in [6.07, 6.45) is 12.8. The van der Waals surface area contributed by atoms with Gasteiger partial charge in [0, 0.05) is 34.3 Å². The van der Waals surface area contributed by atoms with Crippen LogP contribution in [-0.4, -0.2) is 24.2 Å². The molecule has 0 bridgehead atoms. The summed E-state index contributed by atoms with van der Waals surface area (Å²) in [6, 6.07) is 1.86. The molecule has 0 saturated carbocycles. The molecular weight excluding hydrogens is 399 g/mol. The first kappa shape index (κ1) is 15.3. The minimum atomic E-state index is 0.449. The van der Waals surface area contributed by atoms with Crippen LogP contribution in [0.25, 0.3) is 0 Å². The van der Waals surface area contributed by atoms with Gasteiger partial charge in [0.1, 0.15) is 11.9 Å². The van der Waals surface area contributed by atoms with Crippen LogP contribution in [0.5, 0.6) is 0 Å². The molecule has 112 valence electrons. The molecular formula is C16H18ClIN2O. The van der Waals surface area contributed by atoms with Gasteiger partial charge >= 0.3 is 0 Å². The first-order chi connectivity index (χ1) is 10.2. The van der Waals surface area contributed by atoms with Gasteiger partial charge in [0.05, 0.1) is 5.02 Å². The summed E-state index contributed by atoms with van der Waals surface area (Å²) in [5, 5.41) is 4.08. The van der Waals surface area contributed by atoms with Crippen molar-refractivity contribution >= 4 is 34.2 Å². The average molecular weight is 417 g/mol. The molecule has 0 amide bonds. The van der Waals surface area contributed by atoms with Crippen LogP contribution in [0.2, 0.25) is 5.02 Å². The zero-order chi connectivity index (χ0) is 14.7. The Balaban J connectivity index is 0.000000143. The fourth-order valence-electron chi connectivity index (χ4n) is 3.14. The van der Waals surface area contributed by atoms with E-state index < -0.39 is 0 Å². The molecule has 1 N–H and O–H groups in total. The largest absolute Gasteiger partial charge is 0.493 e. The number of allylic oxidation sites excluding steroid dienone is 4. The van der Waals surface area contributed by atoms with Crippen molar-refractivity contribution < 1.29 is 4.74 Å². The predicted octanol–water partition coefficient (Wildman–Crippen LogP) is 3.79. The van der Waals surface area contributed by atoms with E-state index in [1.54, 1.807) is 12.4 Å². The van der Waals surface area contributed by atoms with Crippen molar-refractivity contribution in [2.45, 2.75) is 18.9 Å². The third-order valence-electron chi connectivity index (χ3n) is 4.11. The lowest BCUT2D eigenvalue weighted by Gasteiger charge is -2.26. The van der Waals surface area contributed by atoms with Gasteiger partial charge in [-0.1, -0.05) is 23.8 Å². The molecule has 1 aromatic heterocycles. The zero-order valence-corrected chi connectivity index (χ0v) is 14.5. The van der Waals surface area contributed by atoms with Gasteiger partial charge < -0.3 is 10.1 Å². The number of rotatable bonds is 0. The van der Waals surface area contributed by atoms with Crippen LogP contribution in [0.1, 0.15) is 12.8 Å². The third-order valence-corrected chi connectivity index (χ3v) is 4.90. The lowest BCUT2D eigenvalue weighted by atomic mass is 9.81. The summed E-state index contributed by atoms with van der Waals surface area (Å²) >= 11 is 7.74. The van der Waals surface area contributed by atoms with E-state index in [0.717, 1.165) is 22.6 Å². The van der Waals surface area contributed by atoms with Crippen molar-refractivity contribution in [3.05, 3.63) is 51.0 Å². The molecule has 1 aromatic rings. The molecule has 3 unspecified atom stereocenters. The topological polar surface area (TPSA) is 34.1 Å². The van der Waals surface area contributed by atoms with Crippen LogP contribution in [0.3, 0.4) is 0 Å². The SMILES string of the molecule is C1=CCC2C(=C1)OC1CNCCC12.Clc1cncc(I)c1. The van der Waals surface area contributed by atoms with E-state index >= 15 is 0 Å². The molecule has 3 atom stereocenters. The van der Waals surface area contributed by atoms with E-state index in [1.807, 2.05) is 6.07 Å². The molecule has 4 rings (SSSR count). The Labute approximate surface area is 144 Å². The van der Waals surface area contributed by atoms with Crippen LogP contribution in [0.15, 0.2) is 42.4 Å². The maximum atomic E-state index is 5.92. The van der Waals surface area contributed by atoms with E-state index in [4.69, 9.17) is 16.3 Å². The second-order valence-electron chi connectivity index (χ2n) is 5.47. The van der Waals surface area contributed by atoms with Crippen molar-refractivity contribution in [3.8, 4) is 0 Å². The maximum absolute atomic E-state index is 5.92. The Morgan fingerprint density at radius 1 is 1.38 bits per heavy atom. The summed E-state index contributed by atoms with van der Waals surface area (Å²) in [6.45, 7) is 2.20. The van der Waals surface area contributed by atoms with E-state index in [9.17, 15) is 0 Å². The quantitative estimate of drug-likeness (QED) is 0.653. The fourth-order valence-corrected chi connectivity index (χ4v) is 3.99. The van der Waals surface area contributed by atoms with Crippen LogP contribution >= 0.6 is 34.2 Å². The van der Waals surface area contributed by atoms with Crippen molar-refractivity contribution in [2.24, 2.45) is 11.8 Å². The van der Waals surface area contributed by atoms with E-state index in [2.05, 4.69) is 51.1 Å². The van der Waals surface area contributed by atoms with E-state index in [-0.39, 0.29) is 0 Å². The molecule has 3 heterocycles. The van der Waals surface area contributed by atoms with Crippen molar-refractivity contribution in [2.75, 3.05) is 13.1 Å². The molecule has 21 heavy (non-hydrogen) atoms. The summed E-state index contributed by atoms with van der Waals surface area (Å²) < 4.78 is 6.98. The number of aromatic nitrogens is 1. The number of hydrogen-bond donors (Lipinski definition) is 1. The molecule has 3 aliphatic rings. The lowest BCUT2D eigenvalue weighted by Crippen LogP contribution is -2.39.